The van der Waals surface area contributed by atoms with E-state index in [2.05, 4.69) is 10.6 Å². The zero-order valence-electron chi connectivity index (χ0n) is 6.87. The lowest BCUT2D eigenvalue weighted by Crippen LogP contribution is -2.42. The molecule has 0 bridgehead atoms. The molecule has 0 radical (unpaired) electrons. The van der Waals surface area contributed by atoms with Gasteiger partial charge in [-0.05, 0) is 0 Å². The van der Waals surface area contributed by atoms with E-state index in [9.17, 15) is 9.59 Å². The summed E-state index contributed by atoms with van der Waals surface area (Å²) in [6, 6.07) is -0.178. The van der Waals surface area contributed by atoms with Crippen LogP contribution in [0.25, 0.3) is 0 Å². The minimum Gasteiger partial charge on any atom is -0.378 e. The molecular formula is C7H12N2O3. The first-order valence-electron chi connectivity index (χ1n) is 3.78. The number of rotatable bonds is 3. The topological polar surface area (TPSA) is 67.4 Å². The molecule has 1 saturated heterocycles. The van der Waals surface area contributed by atoms with Crippen molar-refractivity contribution >= 4 is 12.3 Å². The van der Waals surface area contributed by atoms with Gasteiger partial charge in [-0.1, -0.05) is 0 Å². The van der Waals surface area contributed by atoms with Gasteiger partial charge in [0, 0.05) is 7.05 Å². The molecule has 2 N–H and O–H groups in total. The summed E-state index contributed by atoms with van der Waals surface area (Å²) in [4.78, 5) is 21.3. The predicted molar refractivity (Wildman–Crippen MR) is 41.4 cm³/mol. The highest BCUT2D eigenvalue weighted by Crippen LogP contribution is 2.12. The van der Waals surface area contributed by atoms with Crippen molar-refractivity contribution in [3.8, 4) is 0 Å². The maximum absolute atomic E-state index is 11.2. The zero-order valence-corrected chi connectivity index (χ0v) is 6.87. The van der Waals surface area contributed by atoms with Gasteiger partial charge in [0.05, 0.1) is 25.2 Å². The van der Waals surface area contributed by atoms with Crippen LogP contribution >= 0.6 is 0 Å². The highest BCUT2D eigenvalue weighted by Gasteiger charge is 2.32. The number of nitrogens with one attached hydrogen (secondary N) is 2. The Balaban J connectivity index is 2.50. The molecule has 0 aliphatic carbocycles. The lowest BCUT2D eigenvalue weighted by molar-refractivity contribution is -0.125. The lowest BCUT2D eigenvalue weighted by atomic mass is 10.0. The molecule has 68 valence electrons. The van der Waals surface area contributed by atoms with Gasteiger partial charge in [0.25, 0.3) is 0 Å². The van der Waals surface area contributed by atoms with Gasteiger partial charge in [-0.3, -0.25) is 9.59 Å². The molecule has 1 aliphatic heterocycles. The van der Waals surface area contributed by atoms with E-state index in [4.69, 9.17) is 4.74 Å². The summed E-state index contributed by atoms with van der Waals surface area (Å²) >= 11 is 0. The van der Waals surface area contributed by atoms with Crippen LogP contribution in [0.15, 0.2) is 0 Å². The molecular weight excluding hydrogens is 160 g/mol. The Morgan fingerprint density at radius 3 is 2.92 bits per heavy atom. The first kappa shape index (κ1) is 8.99. The van der Waals surface area contributed by atoms with Gasteiger partial charge < -0.3 is 15.4 Å². The van der Waals surface area contributed by atoms with Crippen molar-refractivity contribution in [2.24, 2.45) is 5.92 Å². The molecule has 0 aromatic carbocycles. The summed E-state index contributed by atoms with van der Waals surface area (Å²) in [5.41, 5.74) is 0. The fourth-order valence-electron chi connectivity index (χ4n) is 1.25. The van der Waals surface area contributed by atoms with Crippen LogP contribution in [0.1, 0.15) is 0 Å². The largest absolute Gasteiger partial charge is 0.378 e. The van der Waals surface area contributed by atoms with Crippen molar-refractivity contribution in [1.82, 2.24) is 10.6 Å². The van der Waals surface area contributed by atoms with Crippen molar-refractivity contribution in [3.05, 3.63) is 0 Å². The second kappa shape index (κ2) is 4.06. The highest BCUT2D eigenvalue weighted by atomic mass is 16.5. The van der Waals surface area contributed by atoms with Crippen molar-refractivity contribution in [3.63, 3.8) is 0 Å². The normalized spacial score (nSPS) is 28.1. The first-order valence-corrected chi connectivity index (χ1v) is 3.78. The number of carbonyl (C=O) groups is 2. The average Bonchev–Trinajstić information content (AvgIpc) is 2.52. The van der Waals surface area contributed by atoms with Crippen molar-refractivity contribution in [1.29, 1.82) is 0 Å². The summed E-state index contributed by atoms with van der Waals surface area (Å²) in [5, 5.41) is 5.06. The van der Waals surface area contributed by atoms with Gasteiger partial charge in [-0.25, -0.2) is 0 Å². The summed E-state index contributed by atoms with van der Waals surface area (Å²) in [5.74, 6) is -0.341. The number of amides is 2. The molecule has 1 heterocycles. The summed E-state index contributed by atoms with van der Waals surface area (Å²) in [6.45, 7) is 0.794. The Bertz CT molecular complexity index is 183. The smallest absolute Gasteiger partial charge is 0.227 e. The van der Waals surface area contributed by atoms with Crippen LogP contribution < -0.4 is 10.6 Å². The van der Waals surface area contributed by atoms with E-state index in [0.29, 0.717) is 19.6 Å². The molecule has 0 unspecified atom stereocenters. The Labute approximate surface area is 70.5 Å². The van der Waals surface area contributed by atoms with E-state index in [0.717, 1.165) is 0 Å². The van der Waals surface area contributed by atoms with Crippen LogP contribution in [0, 0.1) is 5.92 Å². The number of hydrogen-bond donors (Lipinski definition) is 2. The van der Waals surface area contributed by atoms with E-state index in [1.165, 1.54) is 0 Å². The van der Waals surface area contributed by atoms with E-state index in [1.807, 2.05) is 0 Å². The number of ether oxygens (including phenoxy) is 1. The van der Waals surface area contributed by atoms with Crippen LogP contribution in [0.4, 0.5) is 0 Å². The molecule has 5 heteroatoms. The average molecular weight is 172 g/mol. The highest BCUT2D eigenvalue weighted by molar-refractivity contribution is 5.79. The van der Waals surface area contributed by atoms with Gasteiger partial charge in [-0.15, -0.1) is 0 Å². The lowest BCUT2D eigenvalue weighted by Gasteiger charge is -2.14. The van der Waals surface area contributed by atoms with E-state index in [1.54, 1.807) is 7.05 Å². The Kier molecular flexibility index (Phi) is 3.04. The molecule has 2 atom stereocenters. The van der Waals surface area contributed by atoms with Gasteiger partial charge in [0.2, 0.25) is 12.3 Å². The maximum Gasteiger partial charge on any atom is 0.227 e. The third-order valence-electron chi connectivity index (χ3n) is 1.95. The minimum atomic E-state index is -0.250. The standard InChI is InChI=1S/C7H12N2O3/c1-8-7(11)5-2-12-3-6(5)9-4-10/h4-6H,2-3H2,1H3,(H,8,11)(H,9,10)/t5-,6+/m0/s1. The summed E-state index contributed by atoms with van der Waals surface area (Å²) in [7, 11) is 1.57. The van der Waals surface area contributed by atoms with Crippen molar-refractivity contribution in [2.45, 2.75) is 6.04 Å². The van der Waals surface area contributed by atoms with Gasteiger partial charge in [-0.2, -0.15) is 0 Å². The third kappa shape index (κ3) is 1.73. The van der Waals surface area contributed by atoms with Gasteiger partial charge >= 0.3 is 0 Å². The molecule has 0 aromatic rings. The van der Waals surface area contributed by atoms with Crippen LogP contribution in [0.2, 0.25) is 0 Å². The molecule has 0 spiro atoms. The third-order valence-corrected chi connectivity index (χ3v) is 1.95. The molecule has 1 aliphatic rings. The first-order chi connectivity index (χ1) is 5.79. The zero-order chi connectivity index (χ0) is 8.97. The van der Waals surface area contributed by atoms with Crippen LogP contribution in [-0.4, -0.2) is 38.6 Å². The summed E-state index contributed by atoms with van der Waals surface area (Å²) < 4.78 is 5.06. The number of carbonyl (C=O) groups excluding carboxylic acids is 2. The van der Waals surface area contributed by atoms with Crippen LogP contribution in [-0.2, 0) is 14.3 Å². The van der Waals surface area contributed by atoms with Crippen molar-refractivity contribution < 1.29 is 14.3 Å². The molecule has 12 heavy (non-hydrogen) atoms. The predicted octanol–water partition coefficient (Wildman–Crippen LogP) is -1.51. The maximum atomic E-state index is 11.2. The van der Waals surface area contributed by atoms with Crippen molar-refractivity contribution in [2.75, 3.05) is 20.3 Å². The molecule has 0 saturated carbocycles. The molecule has 2 amide bonds. The molecule has 1 rings (SSSR count). The van der Waals surface area contributed by atoms with E-state index < -0.39 is 0 Å². The summed E-state index contributed by atoms with van der Waals surface area (Å²) in [6.07, 6.45) is 0.593. The number of hydrogen-bond acceptors (Lipinski definition) is 3. The second-order valence-electron chi connectivity index (χ2n) is 2.65. The van der Waals surface area contributed by atoms with Crippen LogP contribution in [0.3, 0.4) is 0 Å². The monoisotopic (exact) mass is 172 g/mol. The van der Waals surface area contributed by atoms with Gasteiger partial charge in [0.15, 0.2) is 0 Å². The minimum absolute atomic E-state index is 0.0909. The SMILES string of the molecule is CNC(=O)[C@H]1COC[C@H]1NC=O. The molecule has 1 fully saturated rings. The quantitative estimate of drug-likeness (QED) is 0.509. The Hall–Kier alpha value is -1.10. The van der Waals surface area contributed by atoms with Gasteiger partial charge in [0.1, 0.15) is 0 Å². The Morgan fingerprint density at radius 1 is 1.58 bits per heavy atom. The fourth-order valence-corrected chi connectivity index (χ4v) is 1.25. The fraction of sp³-hybridized carbons (Fsp3) is 0.714. The Morgan fingerprint density at radius 2 is 2.33 bits per heavy atom. The molecule has 0 aromatic heterocycles. The van der Waals surface area contributed by atoms with Crippen LogP contribution in [0.5, 0.6) is 0 Å². The molecule has 5 nitrogen and oxygen atoms in total. The van der Waals surface area contributed by atoms with E-state index >= 15 is 0 Å². The second-order valence-corrected chi connectivity index (χ2v) is 2.65. The van der Waals surface area contributed by atoms with E-state index in [-0.39, 0.29) is 17.9 Å².